The van der Waals surface area contributed by atoms with Gasteiger partial charge in [-0.05, 0) is 42.9 Å². The highest BCUT2D eigenvalue weighted by Gasteiger charge is 2.52. The number of fused-ring (bicyclic) bond motifs is 5. The highest BCUT2D eigenvalue weighted by molar-refractivity contribution is 5.14. The average molecular weight is 190 g/mol. The van der Waals surface area contributed by atoms with Gasteiger partial charge in [-0.15, -0.1) is 6.58 Å². The molecule has 3 rings (SSSR count). The maximum absolute atomic E-state index is 5.85. The molecule has 14 heavy (non-hydrogen) atoms. The van der Waals surface area contributed by atoms with Crippen LogP contribution in [-0.2, 0) is 4.74 Å². The third-order valence-corrected chi connectivity index (χ3v) is 4.37. The van der Waals surface area contributed by atoms with Crippen molar-refractivity contribution in [1.29, 1.82) is 0 Å². The molecular weight excluding hydrogens is 172 g/mol. The molecule has 0 heterocycles. The van der Waals surface area contributed by atoms with Gasteiger partial charge in [0.15, 0.2) is 0 Å². The molecule has 0 amide bonds. The van der Waals surface area contributed by atoms with Crippen molar-refractivity contribution in [3.8, 4) is 0 Å². The van der Waals surface area contributed by atoms with Crippen LogP contribution in [0, 0.1) is 23.7 Å². The number of allylic oxidation sites excluding steroid dienone is 2. The summed E-state index contributed by atoms with van der Waals surface area (Å²) in [6, 6.07) is 0. The predicted molar refractivity (Wildman–Crippen MR) is 56.9 cm³/mol. The first-order valence-electron chi connectivity index (χ1n) is 5.79. The fourth-order valence-electron chi connectivity index (χ4n) is 3.88. The minimum atomic E-state index is 0.541. The Morgan fingerprint density at radius 1 is 1.36 bits per heavy atom. The Morgan fingerprint density at radius 2 is 2.29 bits per heavy atom. The highest BCUT2D eigenvalue weighted by atomic mass is 16.5. The van der Waals surface area contributed by atoms with Gasteiger partial charge in [0.2, 0.25) is 0 Å². The largest absolute Gasteiger partial charge is 0.374 e. The first-order valence-corrected chi connectivity index (χ1v) is 5.79. The molecule has 2 fully saturated rings. The van der Waals surface area contributed by atoms with Crippen molar-refractivity contribution in [3.05, 3.63) is 24.8 Å². The predicted octanol–water partition coefficient (Wildman–Crippen LogP) is 2.79. The van der Waals surface area contributed by atoms with E-state index in [2.05, 4.69) is 18.7 Å². The molecule has 0 aromatic rings. The van der Waals surface area contributed by atoms with Gasteiger partial charge < -0.3 is 4.74 Å². The molecule has 1 nitrogen and oxygen atoms in total. The smallest absolute Gasteiger partial charge is 0.0648 e. The van der Waals surface area contributed by atoms with Crippen LogP contribution in [0.15, 0.2) is 24.8 Å². The summed E-state index contributed by atoms with van der Waals surface area (Å²) < 4.78 is 5.85. The third-order valence-electron chi connectivity index (χ3n) is 4.37. The monoisotopic (exact) mass is 190 g/mol. The molecule has 0 N–H and O–H groups in total. The highest BCUT2D eigenvalue weighted by Crippen LogP contribution is 2.57. The molecule has 0 unspecified atom stereocenters. The second-order valence-electron chi connectivity index (χ2n) is 4.96. The van der Waals surface area contributed by atoms with Gasteiger partial charge in [0.05, 0.1) is 12.7 Å². The Bertz CT molecular complexity index is 268. The van der Waals surface area contributed by atoms with Crippen molar-refractivity contribution in [2.75, 3.05) is 6.61 Å². The molecule has 2 saturated carbocycles. The molecule has 5 atom stereocenters. The van der Waals surface area contributed by atoms with Crippen LogP contribution < -0.4 is 0 Å². The van der Waals surface area contributed by atoms with Gasteiger partial charge in [0.1, 0.15) is 0 Å². The lowest BCUT2D eigenvalue weighted by Gasteiger charge is -2.31. The fourth-order valence-corrected chi connectivity index (χ4v) is 3.88. The molecule has 76 valence electrons. The quantitative estimate of drug-likeness (QED) is 0.622. The summed E-state index contributed by atoms with van der Waals surface area (Å²) >= 11 is 0. The number of rotatable bonds is 3. The SMILES string of the molecule is C=CCO[C@H]1C[C@@H]2C[C@@H]1[C@H]1CC=C[C@H]21. The Balaban J connectivity index is 1.69. The molecule has 0 aromatic carbocycles. The van der Waals surface area contributed by atoms with E-state index >= 15 is 0 Å². The van der Waals surface area contributed by atoms with Crippen molar-refractivity contribution in [2.24, 2.45) is 23.7 Å². The maximum atomic E-state index is 5.85. The van der Waals surface area contributed by atoms with Crippen molar-refractivity contribution in [1.82, 2.24) is 0 Å². The van der Waals surface area contributed by atoms with Crippen molar-refractivity contribution >= 4 is 0 Å². The summed E-state index contributed by atoms with van der Waals surface area (Å²) in [5.41, 5.74) is 0. The minimum absolute atomic E-state index is 0.541. The molecule has 0 aromatic heterocycles. The topological polar surface area (TPSA) is 9.23 Å². The van der Waals surface area contributed by atoms with Crippen LogP contribution in [0.4, 0.5) is 0 Å². The van der Waals surface area contributed by atoms with Crippen molar-refractivity contribution in [3.63, 3.8) is 0 Å². The molecule has 0 saturated heterocycles. The first kappa shape index (κ1) is 8.72. The second-order valence-corrected chi connectivity index (χ2v) is 4.96. The molecular formula is C13H18O. The fraction of sp³-hybridized carbons (Fsp3) is 0.692. The summed E-state index contributed by atoms with van der Waals surface area (Å²) in [7, 11) is 0. The number of hydrogen-bond donors (Lipinski definition) is 0. The molecule has 3 aliphatic carbocycles. The Kier molecular flexibility index (Phi) is 2.01. The lowest BCUT2D eigenvalue weighted by molar-refractivity contribution is 0.00693. The van der Waals surface area contributed by atoms with Crippen LogP contribution in [0.2, 0.25) is 0 Å². The summed E-state index contributed by atoms with van der Waals surface area (Å²) in [6.07, 6.45) is 11.3. The van der Waals surface area contributed by atoms with Crippen molar-refractivity contribution < 1.29 is 4.74 Å². The van der Waals surface area contributed by atoms with E-state index in [4.69, 9.17) is 4.74 Å². The van der Waals surface area contributed by atoms with Gasteiger partial charge >= 0.3 is 0 Å². The summed E-state index contributed by atoms with van der Waals surface area (Å²) in [5.74, 6) is 3.60. The van der Waals surface area contributed by atoms with Crippen LogP contribution in [0.5, 0.6) is 0 Å². The third kappa shape index (κ3) is 1.12. The van der Waals surface area contributed by atoms with Gasteiger partial charge in [-0.2, -0.15) is 0 Å². The van der Waals surface area contributed by atoms with Gasteiger partial charge in [-0.25, -0.2) is 0 Å². The normalized spacial score (nSPS) is 48.4. The number of ether oxygens (including phenoxy) is 1. The van der Waals surface area contributed by atoms with E-state index in [1.165, 1.54) is 19.3 Å². The Morgan fingerprint density at radius 3 is 3.14 bits per heavy atom. The van der Waals surface area contributed by atoms with E-state index in [1.54, 1.807) is 0 Å². The van der Waals surface area contributed by atoms with E-state index in [-0.39, 0.29) is 0 Å². The molecule has 0 spiro atoms. The van der Waals surface area contributed by atoms with Gasteiger partial charge in [-0.3, -0.25) is 0 Å². The number of hydrogen-bond acceptors (Lipinski definition) is 1. The van der Waals surface area contributed by atoms with Crippen LogP contribution in [0.3, 0.4) is 0 Å². The lowest BCUT2D eigenvalue weighted by Crippen LogP contribution is -2.30. The Labute approximate surface area is 85.8 Å². The standard InChI is InChI=1S/C13H18O/c1-2-6-14-13-8-9-7-12(13)11-5-3-4-10(9)11/h2-4,9-13H,1,5-8H2/t9-,10+,11-,12+,13-/m0/s1. The zero-order chi connectivity index (χ0) is 9.54. The zero-order valence-corrected chi connectivity index (χ0v) is 8.56. The first-order chi connectivity index (χ1) is 6.90. The van der Waals surface area contributed by atoms with E-state index in [9.17, 15) is 0 Å². The van der Waals surface area contributed by atoms with Gasteiger partial charge in [0, 0.05) is 0 Å². The second kappa shape index (κ2) is 3.23. The average Bonchev–Trinajstić information content (AvgIpc) is 2.85. The van der Waals surface area contributed by atoms with E-state index in [0.717, 1.165) is 30.3 Å². The van der Waals surface area contributed by atoms with Crippen LogP contribution in [0.1, 0.15) is 19.3 Å². The zero-order valence-electron chi connectivity index (χ0n) is 8.56. The van der Waals surface area contributed by atoms with E-state index in [1.807, 2.05) is 6.08 Å². The van der Waals surface area contributed by atoms with Crippen LogP contribution >= 0.6 is 0 Å². The summed E-state index contributed by atoms with van der Waals surface area (Å²) in [4.78, 5) is 0. The van der Waals surface area contributed by atoms with E-state index in [0.29, 0.717) is 6.10 Å². The minimum Gasteiger partial charge on any atom is -0.374 e. The maximum Gasteiger partial charge on any atom is 0.0648 e. The molecule has 0 radical (unpaired) electrons. The van der Waals surface area contributed by atoms with Gasteiger partial charge in [0.25, 0.3) is 0 Å². The lowest BCUT2D eigenvalue weighted by atomic mass is 9.80. The molecule has 1 heteroatoms. The molecule has 0 aliphatic heterocycles. The molecule has 2 bridgehead atoms. The summed E-state index contributed by atoms with van der Waals surface area (Å²) in [6.45, 7) is 4.45. The molecule has 3 aliphatic rings. The Hall–Kier alpha value is -0.560. The van der Waals surface area contributed by atoms with Crippen LogP contribution in [-0.4, -0.2) is 12.7 Å². The van der Waals surface area contributed by atoms with Gasteiger partial charge in [-0.1, -0.05) is 18.2 Å². The summed E-state index contributed by atoms with van der Waals surface area (Å²) in [5, 5.41) is 0. The van der Waals surface area contributed by atoms with Crippen LogP contribution in [0.25, 0.3) is 0 Å². The van der Waals surface area contributed by atoms with E-state index < -0.39 is 0 Å². The van der Waals surface area contributed by atoms with Crippen molar-refractivity contribution in [2.45, 2.75) is 25.4 Å².